The summed E-state index contributed by atoms with van der Waals surface area (Å²) in [5, 5.41) is 3.61. The number of piperidine rings is 1. The fourth-order valence-corrected chi connectivity index (χ4v) is 3.84. The summed E-state index contributed by atoms with van der Waals surface area (Å²) in [6.07, 6.45) is 4.87. The number of benzene rings is 1. The highest BCUT2D eigenvalue weighted by molar-refractivity contribution is 5.79. The first kappa shape index (κ1) is 14.5. The minimum Gasteiger partial charge on any atom is -0.340 e. The van der Waals surface area contributed by atoms with Crippen molar-refractivity contribution in [3.63, 3.8) is 0 Å². The molecule has 1 aromatic carbocycles. The van der Waals surface area contributed by atoms with Crippen LogP contribution in [0.2, 0.25) is 0 Å². The average Bonchev–Trinajstić information content (AvgIpc) is 2.78. The van der Waals surface area contributed by atoms with Crippen molar-refractivity contribution < 1.29 is 9.18 Å². The third-order valence-electron chi connectivity index (χ3n) is 4.79. The van der Waals surface area contributed by atoms with Crippen LogP contribution in [0, 0.1) is 5.82 Å². The van der Waals surface area contributed by atoms with Gasteiger partial charge in [0.05, 0.1) is 6.42 Å². The molecule has 2 bridgehead atoms. The molecule has 0 radical (unpaired) electrons. The zero-order chi connectivity index (χ0) is 14.8. The molecule has 0 spiro atoms. The Morgan fingerprint density at radius 2 is 2.05 bits per heavy atom. The third-order valence-corrected chi connectivity index (χ3v) is 4.79. The molecule has 1 aromatic rings. The molecule has 2 unspecified atom stereocenters. The first-order valence-electron chi connectivity index (χ1n) is 7.95. The molecule has 2 atom stereocenters. The molecular weight excluding hydrogens is 267 g/mol. The van der Waals surface area contributed by atoms with Crippen LogP contribution >= 0.6 is 0 Å². The summed E-state index contributed by atoms with van der Waals surface area (Å²) in [6.45, 7) is 2.77. The van der Waals surface area contributed by atoms with Gasteiger partial charge in [0.25, 0.3) is 0 Å². The van der Waals surface area contributed by atoms with Crippen LogP contribution in [0.5, 0.6) is 0 Å². The van der Waals surface area contributed by atoms with Gasteiger partial charge in [-0.1, -0.05) is 12.1 Å². The fraction of sp³-hybridized carbons (Fsp3) is 0.588. The van der Waals surface area contributed by atoms with Crippen molar-refractivity contribution >= 4 is 5.91 Å². The first-order valence-corrected chi connectivity index (χ1v) is 7.95. The van der Waals surface area contributed by atoms with Gasteiger partial charge < -0.3 is 10.2 Å². The SMILES string of the molecule is CCN(C(=O)Cc1cccc(F)c1)C1CC2CCC(C1)N2. The van der Waals surface area contributed by atoms with E-state index in [1.54, 1.807) is 6.07 Å². The Kier molecular flexibility index (Phi) is 4.24. The highest BCUT2D eigenvalue weighted by Gasteiger charge is 2.36. The van der Waals surface area contributed by atoms with Crippen molar-refractivity contribution in [2.75, 3.05) is 6.54 Å². The Bertz CT molecular complexity index is 507. The molecule has 4 heteroatoms. The van der Waals surface area contributed by atoms with E-state index in [2.05, 4.69) is 5.32 Å². The molecule has 2 heterocycles. The van der Waals surface area contributed by atoms with Gasteiger partial charge >= 0.3 is 0 Å². The number of hydrogen-bond acceptors (Lipinski definition) is 2. The number of carbonyl (C=O) groups excluding carboxylic acids is 1. The van der Waals surface area contributed by atoms with E-state index in [9.17, 15) is 9.18 Å². The van der Waals surface area contributed by atoms with Crippen LogP contribution in [0.25, 0.3) is 0 Å². The number of carbonyl (C=O) groups is 1. The number of nitrogens with zero attached hydrogens (tertiary/aromatic N) is 1. The quantitative estimate of drug-likeness (QED) is 0.924. The van der Waals surface area contributed by atoms with Gasteiger partial charge in [0.2, 0.25) is 5.91 Å². The second-order valence-electron chi connectivity index (χ2n) is 6.25. The lowest BCUT2D eigenvalue weighted by Gasteiger charge is -2.37. The summed E-state index contributed by atoms with van der Waals surface area (Å²) in [6, 6.07) is 7.85. The maximum atomic E-state index is 13.2. The molecule has 114 valence electrons. The second kappa shape index (κ2) is 6.14. The number of amides is 1. The van der Waals surface area contributed by atoms with E-state index in [4.69, 9.17) is 0 Å². The zero-order valence-corrected chi connectivity index (χ0v) is 12.5. The largest absolute Gasteiger partial charge is 0.340 e. The molecule has 0 aliphatic carbocycles. The lowest BCUT2D eigenvalue weighted by Crippen LogP contribution is -2.50. The molecule has 0 aromatic heterocycles. The Morgan fingerprint density at radius 1 is 1.33 bits per heavy atom. The van der Waals surface area contributed by atoms with Gasteiger partial charge in [-0.05, 0) is 50.3 Å². The van der Waals surface area contributed by atoms with Gasteiger partial charge in [0, 0.05) is 24.7 Å². The van der Waals surface area contributed by atoms with E-state index in [0.29, 0.717) is 24.5 Å². The lowest BCUT2D eigenvalue weighted by molar-refractivity contribution is -0.133. The van der Waals surface area contributed by atoms with E-state index in [1.807, 2.05) is 17.9 Å². The summed E-state index contributed by atoms with van der Waals surface area (Å²) in [7, 11) is 0. The van der Waals surface area contributed by atoms with Crippen LogP contribution in [-0.4, -0.2) is 35.5 Å². The summed E-state index contributed by atoms with van der Waals surface area (Å²) in [5.41, 5.74) is 0.760. The molecule has 3 nitrogen and oxygen atoms in total. The van der Waals surface area contributed by atoms with E-state index >= 15 is 0 Å². The van der Waals surface area contributed by atoms with E-state index in [0.717, 1.165) is 24.9 Å². The minimum atomic E-state index is -0.275. The van der Waals surface area contributed by atoms with Crippen LogP contribution in [0.1, 0.15) is 38.2 Å². The Labute approximate surface area is 125 Å². The molecule has 2 aliphatic heterocycles. The topological polar surface area (TPSA) is 32.3 Å². The lowest BCUT2D eigenvalue weighted by atomic mass is 9.97. The van der Waals surface area contributed by atoms with Gasteiger partial charge in [0.15, 0.2) is 0 Å². The van der Waals surface area contributed by atoms with E-state index in [1.165, 1.54) is 25.0 Å². The first-order chi connectivity index (χ1) is 10.2. The fourth-order valence-electron chi connectivity index (χ4n) is 3.84. The van der Waals surface area contributed by atoms with Crippen molar-refractivity contribution in [1.82, 2.24) is 10.2 Å². The van der Waals surface area contributed by atoms with Gasteiger partial charge in [-0.15, -0.1) is 0 Å². The second-order valence-corrected chi connectivity index (χ2v) is 6.25. The molecule has 1 N–H and O–H groups in total. The Morgan fingerprint density at radius 3 is 2.67 bits per heavy atom. The molecule has 1 amide bonds. The molecule has 2 fully saturated rings. The number of halogens is 1. The van der Waals surface area contributed by atoms with Crippen LogP contribution in [0.4, 0.5) is 4.39 Å². The number of fused-ring (bicyclic) bond motifs is 2. The Balaban J connectivity index is 1.66. The standard InChI is InChI=1S/C17H23FN2O/c1-2-20(16-10-14-6-7-15(11-16)19-14)17(21)9-12-4-3-5-13(18)8-12/h3-5,8,14-16,19H,2,6-7,9-11H2,1H3. The van der Waals surface area contributed by atoms with Crippen molar-refractivity contribution in [3.05, 3.63) is 35.6 Å². The van der Waals surface area contributed by atoms with Crippen molar-refractivity contribution in [3.8, 4) is 0 Å². The smallest absolute Gasteiger partial charge is 0.227 e. The molecular formula is C17H23FN2O. The number of likely N-dealkylation sites (N-methyl/N-ethyl adjacent to an activating group) is 1. The average molecular weight is 290 g/mol. The predicted molar refractivity (Wildman–Crippen MR) is 80.5 cm³/mol. The molecule has 21 heavy (non-hydrogen) atoms. The maximum Gasteiger partial charge on any atom is 0.227 e. The van der Waals surface area contributed by atoms with E-state index < -0.39 is 0 Å². The van der Waals surface area contributed by atoms with Gasteiger partial charge in [-0.3, -0.25) is 4.79 Å². The molecule has 3 rings (SSSR count). The summed E-state index contributed by atoms with van der Waals surface area (Å²) < 4.78 is 13.2. The van der Waals surface area contributed by atoms with Gasteiger partial charge in [-0.2, -0.15) is 0 Å². The van der Waals surface area contributed by atoms with E-state index in [-0.39, 0.29) is 11.7 Å². The van der Waals surface area contributed by atoms with Crippen molar-refractivity contribution in [2.24, 2.45) is 0 Å². The monoisotopic (exact) mass is 290 g/mol. The number of nitrogens with one attached hydrogen (secondary N) is 1. The van der Waals surface area contributed by atoms with Crippen LogP contribution in [-0.2, 0) is 11.2 Å². The summed E-state index contributed by atoms with van der Waals surface area (Å²) >= 11 is 0. The number of hydrogen-bond donors (Lipinski definition) is 1. The van der Waals surface area contributed by atoms with Crippen LogP contribution < -0.4 is 5.32 Å². The van der Waals surface area contributed by atoms with Gasteiger partial charge in [-0.25, -0.2) is 4.39 Å². The molecule has 2 saturated heterocycles. The van der Waals surface area contributed by atoms with Crippen molar-refractivity contribution in [2.45, 2.75) is 57.2 Å². The van der Waals surface area contributed by atoms with Crippen LogP contribution in [0.3, 0.4) is 0 Å². The highest BCUT2D eigenvalue weighted by Crippen LogP contribution is 2.30. The molecule has 2 aliphatic rings. The van der Waals surface area contributed by atoms with Crippen molar-refractivity contribution in [1.29, 1.82) is 0 Å². The Hall–Kier alpha value is -1.42. The van der Waals surface area contributed by atoms with Gasteiger partial charge in [0.1, 0.15) is 5.82 Å². The highest BCUT2D eigenvalue weighted by atomic mass is 19.1. The number of rotatable bonds is 4. The zero-order valence-electron chi connectivity index (χ0n) is 12.5. The normalized spacial score (nSPS) is 27.6. The third kappa shape index (κ3) is 3.26. The molecule has 0 saturated carbocycles. The summed E-state index contributed by atoms with van der Waals surface area (Å²) in [4.78, 5) is 14.6. The maximum absolute atomic E-state index is 13.2. The summed E-state index contributed by atoms with van der Waals surface area (Å²) in [5.74, 6) is -0.155. The van der Waals surface area contributed by atoms with Crippen LogP contribution in [0.15, 0.2) is 24.3 Å². The predicted octanol–water partition coefficient (Wildman–Crippen LogP) is 2.50. The minimum absolute atomic E-state index is 0.120.